The molecule has 0 bridgehead atoms. The first-order chi connectivity index (χ1) is 11.4. The molecule has 0 aliphatic carbocycles. The number of aliphatic hydroxyl groups excluding tert-OH is 3. The zero-order valence-electron chi connectivity index (χ0n) is 14.3. The molecule has 1 aliphatic heterocycles. The summed E-state index contributed by atoms with van der Waals surface area (Å²) in [5, 5.41) is 38.4. The summed E-state index contributed by atoms with van der Waals surface area (Å²) in [4.78, 5) is 10.5. The number of hydrogen-bond donors (Lipinski definition) is 4. The summed E-state index contributed by atoms with van der Waals surface area (Å²) in [6, 6.07) is 0. The van der Waals surface area contributed by atoms with Crippen LogP contribution in [0, 0.1) is 5.92 Å². The topological polar surface area (TPSA) is 107 Å². The fourth-order valence-corrected chi connectivity index (χ4v) is 2.79. The van der Waals surface area contributed by atoms with Gasteiger partial charge in [-0.25, -0.2) is 0 Å². The predicted octanol–water partition coefficient (Wildman–Crippen LogP) is 1.99. The van der Waals surface area contributed by atoms with Crippen molar-refractivity contribution in [3.05, 3.63) is 24.3 Å². The van der Waals surface area contributed by atoms with E-state index in [1.807, 2.05) is 0 Å². The van der Waals surface area contributed by atoms with E-state index in [0.717, 1.165) is 19.3 Å². The molecule has 1 unspecified atom stereocenters. The Morgan fingerprint density at radius 1 is 1.29 bits per heavy atom. The van der Waals surface area contributed by atoms with E-state index in [2.05, 4.69) is 6.92 Å². The third-order valence-electron chi connectivity index (χ3n) is 4.17. The minimum Gasteiger partial charge on any atom is -0.481 e. The molecule has 0 saturated carbocycles. The maximum absolute atomic E-state index is 10.5. The van der Waals surface area contributed by atoms with Crippen LogP contribution in [0.4, 0.5) is 0 Å². The highest BCUT2D eigenvalue weighted by molar-refractivity contribution is 5.68. The van der Waals surface area contributed by atoms with E-state index in [1.54, 1.807) is 24.3 Å². The van der Waals surface area contributed by atoms with Crippen LogP contribution >= 0.6 is 0 Å². The fraction of sp³-hybridized carbons (Fsp3) is 0.722. The van der Waals surface area contributed by atoms with Crippen molar-refractivity contribution in [2.45, 2.75) is 76.5 Å². The largest absolute Gasteiger partial charge is 0.481 e. The van der Waals surface area contributed by atoms with Gasteiger partial charge in [0.25, 0.3) is 0 Å². The van der Waals surface area contributed by atoms with Crippen LogP contribution in [-0.2, 0) is 9.53 Å². The van der Waals surface area contributed by atoms with E-state index in [-0.39, 0.29) is 18.8 Å². The van der Waals surface area contributed by atoms with Crippen molar-refractivity contribution in [3.63, 3.8) is 0 Å². The van der Waals surface area contributed by atoms with Gasteiger partial charge in [0, 0.05) is 12.3 Å². The number of carbonyl (C=O) groups is 1. The zero-order chi connectivity index (χ0) is 17.9. The first kappa shape index (κ1) is 20.8. The molecular weight excluding hydrogens is 312 g/mol. The molecule has 1 heterocycles. The van der Waals surface area contributed by atoms with Crippen LogP contribution in [0.25, 0.3) is 0 Å². The molecule has 0 amide bonds. The van der Waals surface area contributed by atoms with Crippen molar-refractivity contribution in [1.82, 2.24) is 0 Å². The Morgan fingerprint density at radius 2 is 2.04 bits per heavy atom. The monoisotopic (exact) mass is 342 g/mol. The number of carboxylic acid groups (broad SMARTS) is 1. The molecule has 0 aromatic heterocycles. The van der Waals surface area contributed by atoms with E-state index < -0.39 is 30.6 Å². The molecule has 5 atom stereocenters. The van der Waals surface area contributed by atoms with Gasteiger partial charge in [0.2, 0.25) is 0 Å². The Kier molecular flexibility index (Phi) is 9.86. The van der Waals surface area contributed by atoms with Crippen LogP contribution in [0.15, 0.2) is 24.3 Å². The molecule has 6 nitrogen and oxygen atoms in total. The minimum atomic E-state index is -1.04. The molecule has 1 saturated heterocycles. The molecule has 0 radical (unpaired) electrons. The Balaban J connectivity index is 2.60. The highest BCUT2D eigenvalue weighted by Crippen LogP contribution is 2.29. The second-order valence-corrected chi connectivity index (χ2v) is 6.28. The Morgan fingerprint density at radius 3 is 2.71 bits per heavy atom. The third kappa shape index (κ3) is 8.06. The second-order valence-electron chi connectivity index (χ2n) is 6.28. The van der Waals surface area contributed by atoms with Crippen molar-refractivity contribution >= 4 is 5.97 Å². The molecule has 4 N–H and O–H groups in total. The van der Waals surface area contributed by atoms with Crippen molar-refractivity contribution < 1.29 is 30.0 Å². The summed E-state index contributed by atoms with van der Waals surface area (Å²) < 4.78 is 5.47. The van der Waals surface area contributed by atoms with Gasteiger partial charge in [-0.1, -0.05) is 50.5 Å². The van der Waals surface area contributed by atoms with Gasteiger partial charge in [-0.2, -0.15) is 0 Å². The van der Waals surface area contributed by atoms with Gasteiger partial charge in [-0.15, -0.1) is 0 Å². The standard InChI is InChI=1S/C18H30O6/c1-2-3-4-7-13(19)10-11-16-14(8-5-6-9-17(21)22)15(20)12-18(23)24-16/h5-6,10-11,13-16,18-20,23H,2-4,7-9,12H2,1H3,(H,21,22)/b6-5-,11-10+/t13-,14?,15-,16+,18+/m0/s1. The first-order valence-electron chi connectivity index (χ1n) is 8.68. The SMILES string of the molecule is CCCCC[C@H](O)/C=C/[C@H]1O[C@@H](O)C[C@H](O)C1C/C=C\CC(=O)O. The van der Waals surface area contributed by atoms with Crippen LogP contribution in [-0.4, -0.2) is 51.0 Å². The summed E-state index contributed by atoms with van der Waals surface area (Å²) in [5.74, 6) is -1.19. The highest BCUT2D eigenvalue weighted by atomic mass is 16.6. The third-order valence-corrected chi connectivity index (χ3v) is 4.17. The fourth-order valence-electron chi connectivity index (χ4n) is 2.79. The summed E-state index contributed by atoms with van der Waals surface area (Å²) in [6.45, 7) is 2.10. The first-order valence-corrected chi connectivity index (χ1v) is 8.68. The molecule has 0 aromatic rings. The van der Waals surface area contributed by atoms with Gasteiger partial charge >= 0.3 is 5.97 Å². The van der Waals surface area contributed by atoms with Crippen LogP contribution in [0.3, 0.4) is 0 Å². The van der Waals surface area contributed by atoms with E-state index in [9.17, 15) is 20.1 Å². The Bertz CT molecular complexity index is 420. The molecule has 24 heavy (non-hydrogen) atoms. The predicted molar refractivity (Wildman–Crippen MR) is 90.3 cm³/mol. The zero-order valence-corrected chi connectivity index (χ0v) is 14.3. The van der Waals surface area contributed by atoms with Gasteiger partial charge in [0.15, 0.2) is 6.29 Å². The lowest BCUT2D eigenvalue weighted by molar-refractivity contribution is -0.199. The molecule has 1 fully saturated rings. The molecule has 0 aromatic carbocycles. The summed E-state index contributed by atoms with van der Waals surface area (Å²) >= 11 is 0. The van der Waals surface area contributed by atoms with E-state index in [0.29, 0.717) is 12.8 Å². The lowest BCUT2D eigenvalue weighted by atomic mass is 9.87. The van der Waals surface area contributed by atoms with Crippen molar-refractivity contribution in [1.29, 1.82) is 0 Å². The second kappa shape index (κ2) is 11.4. The number of aliphatic carboxylic acids is 1. The molecule has 1 aliphatic rings. The number of aliphatic hydroxyl groups is 3. The molecule has 0 spiro atoms. The number of unbranched alkanes of at least 4 members (excludes halogenated alkanes) is 2. The van der Waals surface area contributed by atoms with Crippen LogP contribution in [0.1, 0.15) is 51.9 Å². The maximum Gasteiger partial charge on any atom is 0.307 e. The average molecular weight is 342 g/mol. The molecule has 6 heteroatoms. The lowest BCUT2D eigenvalue weighted by Crippen LogP contribution is -2.43. The Hall–Kier alpha value is -1.21. The number of carboxylic acids is 1. The molecular formula is C18H30O6. The summed E-state index contributed by atoms with van der Waals surface area (Å²) in [7, 11) is 0. The van der Waals surface area contributed by atoms with Gasteiger partial charge < -0.3 is 25.2 Å². The van der Waals surface area contributed by atoms with Crippen molar-refractivity contribution in [3.8, 4) is 0 Å². The van der Waals surface area contributed by atoms with Crippen LogP contribution in [0.2, 0.25) is 0 Å². The maximum atomic E-state index is 10.5. The highest BCUT2D eigenvalue weighted by Gasteiger charge is 2.35. The lowest BCUT2D eigenvalue weighted by Gasteiger charge is -2.36. The van der Waals surface area contributed by atoms with Gasteiger partial charge in [0.05, 0.1) is 24.7 Å². The van der Waals surface area contributed by atoms with Crippen LogP contribution < -0.4 is 0 Å². The minimum absolute atomic E-state index is 0.0665. The van der Waals surface area contributed by atoms with Crippen LogP contribution in [0.5, 0.6) is 0 Å². The van der Waals surface area contributed by atoms with Gasteiger partial charge in [0.1, 0.15) is 0 Å². The van der Waals surface area contributed by atoms with E-state index in [4.69, 9.17) is 9.84 Å². The molecule has 1 rings (SSSR count). The smallest absolute Gasteiger partial charge is 0.307 e. The van der Waals surface area contributed by atoms with Gasteiger partial charge in [-0.3, -0.25) is 4.79 Å². The summed E-state index contributed by atoms with van der Waals surface area (Å²) in [5.41, 5.74) is 0. The normalized spacial score (nSPS) is 29.3. The Labute approximate surface area is 143 Å². The quantitative estimate of drug-likeness (QED) is 0.357. The number of rotatable bonds is 10. The molecule has 138 valence electrons. The number of allylic oxidation sites excluding steroid dienone is 1. The number of hydrogen-bond acceptors (Lipinski definition) is 5. The summed E-state index contributed by atoms with van der Waals surface area (Å²) in [6.07, 6.45) is 8.01. The van der Waals surface area contributed by atoms with Gasteiger partial charge in [-0.05, 0) is 12.8 Å². The number of ether oxygens (including phenoxy) is 1. The van der Waals surface area contributed by atoms with E-state index in [1.165, 1.54) is 0 Å². The van der Waals surface area contributed by atoms with E-state index >= 15 is 0 Å². The van der Waals surface area contributed by atoms with Crippen molar-refractivity contribution in [2.24, 2.45) is 5.92 Å². The average Bonchev–Trinajstić information content (AvgIpc) is 2.51. The van der Waals surface area contributed by atoms with Crippen molar-refractivity contribution in [2.75, 3.05) is 0 Å².